The second-order valence-electron chi connectivity index (χ2n) is 3.77. The van der Waals surface area contributed by atoms with Crippen LogP contribution in [0, 0.1) is 6.92 Å². The van der Waals surface area contributed by atoms with Crippen LogP contribution in [-0.4, -0.2) is 4.98 Å². The lowest BCUT2D eigenvalue weighted by Gasteiger charge is -1.96. The Kier molecular flexibility index (Phi) is 2.79. The summed E-state index contributed by atoms with van der Waals surface area (Å²) >= 11 is 3.51. The highest BCUT2D eigenvalue weighted by Gasteiger charge is 2.11. The summed E-state index contributed by atoms with van der Waals surface area (Å²) < 4.78 is 0. The van der Waals surface area contributed by atoms with Crippen LogP contribution in [0.15, 0.2) is 47.8 Å². The second kappa shape index (κ2) is 4.43. The van der Waals surface area contributed by atoms with Crippen LogP contribution in [-0.2, 0) is 0 Å². The molecule has 0 amide bonds. The number of hydrogen-bond acceptors (Lipinski definition) is 3. The van der Waals surface area contributed by atoms with Gasteiger partial charge in [0.05, 0.1) is 10.6 Å². The molecule has 3 heteroatoms. The molecule has 0 saturated heterocycles. The van der Waals surface area contributed by atoms with E-state index in [4.69, 9.17) is 4.98 Å². The molecule has 2 heterocycles. The van der Waals surface area contributed by atoms with E-state index in [-0.39, 0.29) is 0 Å². The lowest BCUT2D eigenvalue weighted by Crippen LogP contribution is -1.79. The summed E-state index contributed by atoms with van der Waals surface area (Å²) in [5.41, 5.74) is 2.31. The fourth-order valence-corrected chi connectivity index (χ4v) is 3.50. The highest BCUT2D eigenvalue weighted by atomic mass is 32.1. The molecule has 0 saturated carbocycles. The van der Waals surface area contributed by atoms with E-state index in [0.29, 0.717) is 0 Å². The van der Waals surface area contributed by atoms with Crippen molar-refractivity contribution in [3.63, 3.8) is 0 Å². The molecule has 0 spiro atoms. The number of nitrogens with zero attached hydrogens (tertiary/aromatic N) is 1. The molecule has 17 heavy (non-hydrogen) atoms. The third kappa shape index (κ3) is 2.04. The lowest BCUT2D eigenvalue weighted by molar-refractivity contribution is 1.38. The van der Waals surface area contributed by atoms with Gasteiger partial charge in [-0.1, -0.05) is 36.4 Å². The molecule has 3 rings (SSSR count). The Hall–Kier alpha value is -1.45. The molecule has 0 aliphatic rings. The lowest BCUT2D eigenvalue weighted by atomic mass is 10.1. The van der Waals surface area contributed by atoms with Gasteiger partial charge in [-0.2, -0.15) is 0 Å². The SMILES string of the molecule is Cc1sc(-c2cccs2)nc1-c1ccccc1. The van der Waals surface area contributed by atoms with Crippen LogP contribution in [0.4, 0.5) is 0 Å². The molecule has 0 bridgehead atoms. The van der Waals surface area contributed by atoms with Gasteiger partial charge >= 0.3 is 0 Å². The minimum Gasteiger partial charge on any atom is -0.235 e. The zero-order valence-corrected chi connectivity index (χ0v) is 11.0. The van der Waals surface area contributed by atoms with Crippen LogP contribution < -0.4 is 0 Å². The highest BCUT2D eigenvalue weighted by Crippen LogP contribution is 2.34. The average molecular weight is 257 g/mol. The first-order chi connectivity index (χ1) is 8.34. The number of thiophene rings is 1. The molecular formula is C14H11NS2. The largest absolute Gasteiger partial charge is 0.235 e. The predicted molar refractivity (Wildman–Crippen MR) is 75.6 cm³/mol. The van der Waals surface area contributed by atoms with Gasteiger partial charge in [0, 0.05) is 10.4 Å². The maximum atomic E-state index is 4.75. The average Bonchev–Trinajstić information content (AvgIpc) is 2.99. The van der Waals surface area contributed by atoms with Crippen LogP contribution in [0.25, 0.3) is 21.1 Å². The zero-order chi connectivity index (χ0) is 11.7. The number of rotatable bonds is 2. The number of hydrogen-bond donors (Lipinski definition) is 0. The van der Waals surface area contributed by atoms with Gasteiger partial charge in [-0.05, 0) is 18.4 Å². The van der Waals surface area contributed by atoms with E-state index in [1.54, 1.807) is 22.7 Å². The number of aromatic nitrogens is 1. The van der Waals surface area contributed by atoms with E-state index < -0.39 is 0 Å². The standard InChI is InChI=1S/C14H11NS2/c1-10-13(11-6-3-2-4-7-11)15-14(17-10)12-8-5-9-16-12/h2-9H,1H3. The summed E-state index contributed by atoms with van der Waals surface area (Å²) in [6, 6.07) is 14.6. The molecule has 2 aromatic heterocycles. The number of aryl methyl sites for hydroxylation is 1. The van der Waals surface area contributed by atoms with E-state index in [0.717, 1.165) is 10.7 Å². The van der Waals surface area contributed by atoms with E-state index in [1.807, 2.05) is 6.07 Å². The quantitative estimate of drug-likeness (QED) is 0.639. The summed E-state index contributed by atoms with van der Waals surface area (Å²) in [6.45, 7) is 2.14. The van der Waals surface area contributed by atoms with Crippen molar-refractivity contribution in [3.05, 3.63) is 52.7 Å². The molecule has 1 aromatic carbocycles. The van der Waals surface area contributed by atoms with Crippen LogP contribution in [0.1, 0.15) is 4.88 Å². The Balaban J connectivity index is 2.08. The van der Waals surface area contributed by atoms with Crippen LogP contribution in [0.3, 0.4) is 0 Å². The van der Waals surface area contributed by atoms with E-state index in [1.165, 1.54) is 15.3 Å². The van der Waals surface area contributed by atoms with E-state index >= 15 is 0 Å². The first-order valence-corrected chi connectivity index (χ1v) is 7.11. The molecule has 3 aromatic rings. The summed E-state index contributed by atoms with van der Waals surface area (Å²) in [4.78, 5) is 7.28. The van der Waals surface area contributed by atoms with Crippen molar-refractivity contribution in [1.82, 2.24) is 4.98 Å². The van der Waals surface area contributed by atoms with Crippen molar-refractivity contribution >= 4 is 22.7 Å². The summed E-state index contributed by atoms with van der Waals surface area (Å²) in [6.07, 6.45) is 0. The molecule has 0 N–H and O–H groups in total. The van der Waals surface area contributed by atoms with Crippen molar-refractivity contribution in [2.45, 2.75) is 6.92 Å². The van der Waals surface area contributed by atoms with Crippen LogP contribution in [0.5, 0.6) is 0 Å². The van der Waals surface area contributed by atoms with Crippen molar-refractivity contribution < 1.29 is 0 Å². The maximum Gasteiger partial charge on any atom is 0.134 e. The molecule has 0 aliphatic carbocycles. The van der Waals surface area contributed by atoms with Crippen molar-refractivity contribution in [3.8, 4) is 21.1 Å². The van der Waals surface area contributed by atoms with Crippen LogP contribution >= 0.6 is 22.7 Å². The third-order valence-corrected chi connectivity index (χ3v) is 4.59. The Morgan fingerprint density at radius 3 is 2.53 bits per heavy atom. The Morgan fingerprint density at radius 1 is 1.00 bits per heavy atom. The molecular weight excluding hydrogens is 246 g/mol. The molecule has 0 aliphatic heterocycles. The van der Waals surface area contributed by atoms with Gasteiger partial charge in [-0.3, -0.25) is 0 Å². The van der Waals surface area contributed by atoms with Crippen molar-refractivity contribution in [2.24, 2.45) is 0 Å². The minimum atomic E-state index is 1.11. The van der Waals surface area contributed by atoms with Gasteiger partial charge < -0.3 is 0 Å². The van der Waals surface area contributed by atoms with Gasteiger partial charge in [-0.15, -0.1) is 22.7 Å². The zero-order valence-electron chi connectivity index (χ0n) is 9.38. The Bertz CT molecular complexity index is 609. The monoisotopic (exact) mass is 257 g/mol. The first-order valence-electron chi connectivity index (χ1n) is 5.41. The summed E-state index contributed by atoms with van der Waals surface area (Å²) in [7, 11) is 0. The molecule has 0 unspecified atom stereocenters. The third-order valence-electron chi connectivity index (χ3n) is 2.58. The van der Waals surface area contributed by atoms with Gasteiger partial charge in [0.25, 0.3) is 0 Å². The second-order valence-corrected chi connectivity index (χ2v) is 5.92. The molecule has 0 radical (unpaired) electrons. The van der Waals surface area contributed by atoms with Crippen LogP contribution in [0.2, 0.25) is 0 Å². The highest BCUT2D eigenvalue weighted by molar-refractivity contribution is 7.21. The summed E-state index contributed by atoms with van der Waals surface area (Å²) in [5, 5.41) is 3.21. The topological polar surface area (TPSA) is 12.9 Å². The fraction of sp³-hybridized carbons (Fsp3) is 0.0714. The summed E-state index contributed by atoms with van der Waals surface area (Å²) in [5.74, 6) is 0. The van der Waals surface area contributed by atoms with Gasteiger partial charge in [0.2, 0.25) is 0 Å². The molecule has 0 atom stereocenters. The van der Waals surface area contributed by atoms with E-state index in [9.17, 15) is 0 Å². The normalized spacial score (nSPS) is 10.6. The Labute approximate surface area is 108 Å². The number of benzene rings is 1. The van der Waals surface area contributed by atoms with Gasteiger partial charge in [0.15, 0.2) is 0 Å². The van der Waals surface area contributed by atoms with E-state index in [2.05, 4.69) is 48.7 Å². The minimum absolute atomic E-state index is 1.11. The predicted octanol–water partition coefficient (Wildman–Crippen LogP) is 4.85. The van der Waals surface area contributed by atoms with Gasteiger partial charge in [-0.25, -0.2) is 4.98 Å². The van der Waals surface area contributed by atoms with Crippen molar-refractivity contribution in [2.75, 3.05) is 0 Å². The van der Waals surface area contributed by atoms with Gasteiger partial charge in [0.1, 0.15) is 5.01 Å². The Morgan fingerprint density at radius 2 is 1.82 bits per heavy atom. The maximum absolute atomic E-state index is 4.75. The fourth-order valence-electron chi connectivity index (χ4n) is 1.77. The molecule has 84 valence electrons. The number of thiazole rings is 1. The first kappa shape index (κ1) is 10.7. The molecule has 1 nitrogen and oxygen atoms in total. The molecule has 0 fully saturated rings. The smallest absolute Gasteiger partial charge is 0.134 e. The van der Waals surface area contributed by atoms with Crippen molar-refractivity contribution in [1.29, 1.82) is 0 Å².